The Hall–Kier alpha value is -2.36. The molecule has 4 nitrogen and oxygen atoms in total. The minimum absolute atomic E-state index is 0.0519. The van der Waals surface area contributed by atoms with Crippen LogP contribution < -0.4 is 5.32 Å². The van der Waals surface area contributed by atoms with E-state index in [1.807, 2.05) is 17.0 Å². The Morgan fingerprint density at radius 1 is 1.12 bits per heavy atom. The van der Waals surface area contributed by atoms with E-state index < -0.39 is 0 Å². The standard InChI is InChI=1S/C20H25N3O/c1-16-7-6-8-17(13-16)15-22-18-9-10-21-19(14-18)20(24)23-11-4-2-3-5-12-23/h6-10,13-14H,2-5,11-12,15H2,1H3,(H,21,22). The molecule has 1 N–H and O–H groups in total. The van der Waals surface area contributed by atoms with E-state index in [1.165, 1.54) is 24.0 Å². The van der Waals surface area contributed by atoms with Gasteiger partial charge in [-0.2, -0.15) is 0 Å². The van der Waals surface area contributed by atoms with Crippen LogP contribution in [0, 0.1) is 6.92 Å². The Balaban J connectivity index is 1.66. The number of benzene rings is 1. The molecule has 1 amide bonds. The number of hydrogen-bond donors (Lipinski definition) is 1. The van der Waals surface area contributed by atoms with E-state index in [1.54, 1.807) is 6.20 Å². The Morgan fingerprint density at radius 2 is 1.92 bits per heavy atom. The zero-order chi connectivity index (χ0) is 16.8. The largest absolute Gasteiger partial charge is 0.381 e. The summed E-state index contributed by atoms with van der Waals surface area (Å²) in [4.78, 5) is 18.9. The summed E-state index contributed by atoms with van der Waals surface area (Å²) in [7, 11) is 0. The molecule has 1 fully saturated rings. The fraction of sp³-hybridized carbons (Fsp3) is 0.400. The number of pyridine rings is 1. The average Bonchev–Trinajstić information content (AvgIpc) is 2.89. The second kappa shape index (κ2) is 7.95. The number of aromatic nitrogens is 1. The van der Waals surface area contributed by atoms with Crippen LogP contribution in [0.15, 0.2) is 42.6 Å². The van der Waals surface area contributed by atoms with Crippen molar-refractivity contribution in [2.75, 3.05) is 18.4 Å². The summed E-state index contributed by atoms with van der Waals surface area (Å²) in [5.41, 5.74) is 3.95. The van der Waals surface area contributed by atoms with Gasteiger partial charge in [0.05, 0.1) is 0 Å². The van der Waals surface area contributed by atoms with Crippen LogP contribution in [0.3, 0.4) is 0 Å². The van der Waals surface area contributed by atoms with Gasteiger partial charge in [-0.1, -0.05) is 42.7 Å². The first-order chi connectivity index (χ1) is 11.7. The number of aryl methyl sites for hydroxylation is 1. The highest BCUT2D eigenvalue weighted by Crippen LogP contribution is 2.15. The smallest absolute Gasteiger partial charge is 0.272 e. The van der Waals surface area contributed by atoms with Crippen molar-refractivity contribution in [1.29, 1.82) is 0 Å². The lowest BCUT2D eigenvalue weighted by molar-refractivity contribution is 0.0756. The zero-order valence-corrected chi connectivity index (χ0v) is 14.3. The van der Waals surface area contributed by atoms with Crippen molar-refractivity contribution < 1.29 is 4.79 Å². The molecule has 2 aromatic rings. The number of carbonyl (C=O) groups is 1. The Kier molecular flexibility index (Phi) is 5.47. The number of anilines is 1. The maximum atomic E-state index is 12.7. The van der Waals surface area contributed by atoms with Crippen LogP contribution in [0.4, 0.5) is 5.69 Å². The van der Waals surface area contributed by atoms with Crippen LogP contribution in [-0.2, 0) is 6.54 Å². The lowest BCUT2D eigenvalue weighted by Crippen LogP contribution is -2.32. The van der Waals surface area contributed by atoms with Crippen molar-refractivity contribution >= 4 is 11.6 Å². The molecule has 0 saturated carbocycles. The van der Waals surface area contributed by atoms with Gasteiger partial charge in [0.15, 0.2) is 0 Å². The molecule has 1 aliphatic heterocycles. The van der Waals surface area contributed by atoms with Crippen LogP contribution >= 0.6 is 0 Å². The quantitative estimate of drug-likeness (QED) is 0.924. The molecular formula is C20H25N3O. The van der Waals surface area contributed by atoms with Gasteiger partial charge in [0, 0.05) is 31.5 Å². The molecule has 0 radical (unpaired) electrons. The molecule has 1 aromatic heterocycles. The van der Waals surface area contributed by atoms with Crippen LogP contribution in [0.1, 0.15) is 47.3 Å². The van der Waals surface area contributed by atoms with E-state index >= 15 is 0 Å². The second-order valence-electron chi connectivity index (χ2n) is 6.48. The highest BCUT2D eigenvalue weighted by molar-refractivity contribution is 5.93. The highest BCUT2D eigenvalue weighted by atomic mass is 16.2. The number of carbonyl (C=O) groups excluding carboxylic acids is 1. The van der Waals surface area contributed by atoms with E-state index in [0.717, 1.165) is 38.2 Å². The van der Waals surface area contributed by atoms with Gasteiger partial charge in [0.2, 0.25) is 0 Å². The topological polar surface area (TPSA) is 45.2 Å². The van der Waals surface area contributed by atoms with Gasteiger partial charge in [0.1, 0.15) is 5.69 Å². The number of hydrogen-bond acceptors (Lipinski definition) is 3. The average molecular weight is 323 g/mol. The highest BCUT2D eigenvalue weighted by Gasteiger charge is 2.18. The monoisotopic (exact) mass is 323 g/mol. The van der Waals surface area contributed by atoms with Crippen molar-refractivity contribution in [2.45, 2.75) is 39.2 Å². The van der Waals surface area contributed by atoms with Crippen LogP contribution in [0.25, 0.3) is 0 Å². The summed E-state index contributed by atoms with van der Waals surface area (Å²) >= 11 is 0. The summed E-state index contributed by atoms with van der Waals surface area (Å²) in [5.74, 6) is 0.0519. The molecule has 126 valence electrons. The molecule has 3 rings (SSSR count). The van der Waals surface area contributed by atoms with Gasteiger partial charge in [-0.05, 0) is 37.5 Å². The Labute approximate surface area is 143 Å². The van der Waals surface area contributed by atoms with Crippen molar-refractivity contribution in [1.82, 2.24) is 9.88 Å². The van der Waals surface area contributed by atoms with Crippen LogP contribution in [0.2, 0.25) is 0 Å². The molecule has 1 aromatic carbocycles. The minimum atomic E-state index is 0.0519. The first-order valence-corrected chi connectivity index (χ1v) is 8.77. The minimum Gasteiger partial charge on any atom is -0.381 e. The Morgan fingerprint density at radius 3 is 2.67 bits per heavy atom. The summed E-state index contributed by atoms with van der Waals surface area (Å²) in [6.45, 7) is 4.53. The molecule has 4 heteroatoms. The third kappa shape index (κ3) is 4.34. The van der Waals surface area contributed by atoms with Gasteiger partial charge < -0.3 is 10.2 Å². The fourth-order valence-corrected chi connectivity index (χ4v) is 3.12. The van der Waals surface area contributed by atoms with Crippen LogP contribution in [-0.4, -0.2) is 28.9 Å². The van der Waals surface area contributed by atoms with Gasteiger partial charge >= 0.3 is 0 Å². The maximum absolute atomic E-state index is 12.7. The summed E-state index contributed by atoms with van der Waals surface area (Å²) in [6.07, 6.45) is 6.34. The predicted molar refractivity (Wildman–Crippen MR) is 97.1 cm³/mol. The normalized spacial score (nSPS) is 15.0. The summed E-state index contributed by atoms with van der Waals surface area (Å²) in [5, 5.41) is 3.39. The van der Waals surface area contributed by atoms with E-state index in [9.17, 15) is 4.79 Å². The number of nitrogens with zero attached hydrogens (tertiary/aromatic N) is 2. The van der Waals surface area contributed by atoms with Gasteiger partial charge in [-0.15, -0.1) is 0 Å². The molecular weight excluding hydrogens is 298 g/mol. The van der Waals surface area contributed by atoms with Crippen LogP contribution in [0.5, 0.6) is 0 Å². The molecule has 0 atom stereocenters. The molecule has 1 saturated heterocycles. The van der Waals surface area contributed by atoms with Crippen molar-refractivity contribution in [3.05, 3.63) is 59.4 Å². The molecule has 0 spiro atoms. The summed E-state index contributed by atoms with van der Waals surface area (Å²) in [6, 6.07) is 12.2. The third-order valence-corrected chi connectivity index (χ3v) is 4.45. The lowest BCUT2D eigenvalue weighted by atomic mass is 10.1. The van der Waals surface area contributed by atoms with E-state index in [-0.39, 0.29) is 5.91 Å². The van der Waals surface area contributed by atoms with Gasteiger partial charge in [-0.25, -0.2) is 0 Å². The molecule has 0 bridgehead atoms. The SMILES string of the molecule is Cc1cccc(CNc2ccnc(C(=O)N3CCCCCC3)c2)c1. The van der Waals surface area contributed by atoms with Crippen molar-refractivity contribution in [3.63, 3.8) is 0 Å². The number of amides is 1. The fourth-order valence-electron chi connectivity index (χ4n) is 3.12. The first kappa shape index (κ1) is 16.5. The molecule has 1 aliphatic rings. The molecule has 0 unspecified atom stereocenters. The first-order valence-electron chi connectivity index (χ1n) is 8.77. The lowest BCUT2D eigenvalue weighted by Gasteiger charge is -2.20. The Bertz CT molecular complexity index is 691. The second-order valence-corrected chi connectivity index (χ2v) is 6.48. The van der Waals surface area contributed by atoms with E-state index in [2.05, 4.69) is 41.5 Å². The van der Waals surface area contributed by atoms with Crippen molar-refractivity contribution in [2.24, 2.45) is 0 Å². The molecule has 2 heterocycles. The number of rotatable bonds is 4. The number of likely N-dealkylation sites (tertiary alicyclic amines) is 1. The van der Waals surface area contributed by atoms with Crippen molar-refractivity contribution in [3.8, 4) is 0 Å². The summed E-state index contributed by atoms with van der Waals surface area (Å²) < 4.78 is 0. The number of nitrogens with one attached hydrogen (secondary N) is 1. The predicted octanol–water partition coefficient (Wildman–Crippen LogP) is 4.02. The molecule has 24 heavy (non-hydrogen) atoms. The maximum Gasteiger partial charge on any atom is 0.272 e. The van der Waals surface area contributed by atoms with Gasteiger partial charge in [-0.3, -0.25) is 9.78 Å². The van der Waals surface area contributed by atoms with E-state index in [0.29, 0.717) is 5.69 Å². The van der Waals surface area contributed by atoms with Gasteiger partial charge in [0.25, 0.3) is 5.91 Å². The zero-order valence-electron chi connectivity index (χ0n) is 14.3. The van der Waals surface area contributed by atoms with E-state index in [4.69, 9.17) is 0 Å². The third-order valence-electron chi connectivity index (χ3n) is 4.45. The molecule has 0 aliphatic carbocycles.